The van der Waals surface area contributed by atoms with Crippen LogP contribution in [0.3, 0.4) is 0 Å². The number of likely N-dealkylation sites (tertiary alicyclic amines) is 1. The summed E-state index contributed by atoms with van der Waals surface area (Å²) in [6.07, 6.45) is 1.32. The molecule has 4 heteroatoms. The quantitative estimate of drug-likeness (QED) is 0.700. The third kappa shape index (κ3) is 4.41. The average molecular weight is 254 g/mol. The minimum absolute atomic E-state index is 0.104. The highest BCUT2D eigenvalue weighted by molar-refractivity contribution is 5.81. The van der Waals surface area contributed by atoms with E-state index in [-0.39, 0.29) is 23.5 Å². The summed E-state index contributed by atoms with van der Waals surface area (Å²) >= 11 is 0. The number of rotatable bonds is 7. The monoisotopic (exact) mass is 254 g/mol. The lowest BCUT2D eigenvalue weighted by Gasteiger charge is -2.41. The Bertz CT molecular complexity index is 294. The molecule has 1 aliphatic heterocycles. The highest BCUT2D eigenvalue weighted by atomic mass is 16.2. The SMILES string of the molecule is CC(C)C(=O)CCCNC(=O)C1CN(C(C)C)C1. The second-order valence-electron chi connectivity index (χ2n) is 5.76. The molecule has 0 aromatic rings. The molecular weight excluding hydrogens is 228 g/mol. The Balaban J connectivity index is 2.07. The third-order valence-corrected chi connectivity index (χ3v) is 3.55. The number of nitrogens with zero attached hydrogens (tertiary/aromatic N) is 1. The summed E-state index contributed by atoms with van der Waals surface area (Å²) in [5.41, 5.74) is 0. The smallest absolute Gasteiger partial charge is 0.225 e. The molecule has 1 N–H and O–H groups in total. The van der Waals surface area contributed by atoms with Crippen molar-refractivity contribution in [2.45, 2.75) is 46.6 Å². The van der Waals surface area contributed by atoms with Gasteiger partial charge in [0.05, 0.1) is 5.92 Å². The van der Waals surface area contributed by atoms with Crippen LogP contribution in [-0.2, 0) is 9.59 Å². The predicted molar refractivity (Wildman–Crippen MR) is 72.3 cm³/mol. The van der Waals surface area contributed by atoms with E-state index in [2.05, 4.69) is 24.1 Å². The summed E-state index contributed by atoms with van der Waals surface area (Å²) < 4.78 is 0. The predicted octanol–water partition coefficient (Wildman–Crippen LogP) is 1.45. The molecule has 104 valence electrons. The molecule has 1 fully saturated rings. The van der Waals surface area contributed by atoms with Crippen LogP contribution in [0, 0.1) is 11.8 Å². The third-order valence-electron chi connectivity index (χ3n) is 3.55. The van der Waals surface area contributed by atoms with Crippen LogP contribution in [0.15, 0.2) is 0 Å². The minimum atomic E-state index is 0.104. The maximum atomic E-state index is 11.7. The standard InChI is InChI=1S/C14H26N2O2/c1-10(2)13(17)6-5-7-15-14(18)12-8-16(9-12)11(3)4/h10-12H,5-9H2,1-4H3,(H,15,18). The zero-order chi connectivity index (χ0) is 13.7. The van der Waals surface area contributed by atoms with Gasteiger partial charge in [-0.1, -0.05) is 13.8 Å². The van der Waals surface area contributed by atoms with Crippen LogP contribution in [0.4, 0.5) is 0 Å². The molecule has 1 aliphatic rings. The van der Waals surface area contributed by atoms with E-state index in [1.807, 2.05) is 13.8 Å². The fourth-order valence-electron chi connectivity index (χ4n) is 2.01. The topological polar surface area (TPSA) is 49.4 Å². The summed E-state index contributed by atoms with van der Waals surface area (Å²) in [5, 5.41) is 2.92. The lowest BCUT2D eigenvalue weighted by Crippen LogP contribution is -2.55. The van der Waals surface area contributed by atoms with Crippen molar-refractivity contribution in [3.8, 4) is 0 Å². The van der Waals surface area contributed by atoms with Gasteiger partial charge in [-0.25, -0.2) is 0 Å². The molecule has 1 amide bonds. The molecular formula is C14H26N2O2. The number of nitrogens with one attached hydrogen (secondary N) is 1. The average Bonchev–Trinajstić information content (AvgIpc) is 2.21. The molecule has 0 aliphatic carbocycles. The number of Topliss-reactive ketones (excluding diaryl/α,β-unsaturated/α-hetero) is 1. The van der Waals surface area contributed by atoms with Gasteiger partial charge in [0.2, 0.25) is 5.91 Å². The molecule has 0 atom stereocenters. The van der Waals surface area contributed by atoms with Crippen molar-refractivity contribution in [2.24, 2.45) is 11.8 Å². The fraction of sp³-hybridized carbons (Fsp3) is 0.857. The van der Waals surface area contributed by atoms with E-state index in [9.17, 15) is 9.59 Å². The van der Waals surface area contributed by atoms with Gasteiger partial charge in [-0.05, 0) is 20.3 Å². The maximum absolute atomic E-state index is 11.7. The van der Waals surface area contributed by atoms with E-state index in [0.29, 0.717) is 19.0 Å². The Hall–Kier alpha value is -0.900. The highest BCUT2D eigenvalue weighted by Gasteiger charge is 2.33. The molecule has 0 bridgehead atoms. The second kappa shape index (κ2) is 6.88. The van der Waals surface area contributed by atoms with Gasteiger partial charge in [-0.2, -0.15) is 0 Å². The first kappa shape index (κ1) is 15.2. The Labute approximate surface area is 110 Å². The van der Waals surface area contributed by atoms with Gasteiger partial charge < -0.3 is 5.32 Å². The number of hydrogen-bond acceptors (Lipinski definition) is 3. The number of carbonyl (C=O) groups is 2. The Kier molecular flexibility index (Phi) is 5.79. The van der Waals surface area contributed by atoms with Crippen LogP contribution < -0.4 is 5.32 Å². The van der Waals surface area contributed by atoms with Gasteiger partial charge >= 0.3 is 0 Å². The van der Waals surface area contributed by atoms with Crippen molar-refractivity contribution in [1.82, 2.24) is 10.2 Å². The van der Waals surface area contributed by atoms with Crippen LogP contribution in [-0.4, -0.2) is 42.3 Å². The fourth-order valence-corrected chi connectivity index (χ4v) is 2.01. The largest absolute Gasteiger partial charge is 0.356 e. The molecule has 1 saturated heterocycles. The van der Waals surface area contributed by atoms with Crippen molar-refractivity contribution >= 4 is 11.7 Å². The van der Waals surface area contributed by atoms with Crippen molar-refractivity contribution in [2.75, 3.05) is 19.6 Å². The number of ketones is 1. The van der Waals surface area contributed by atoms with Crippen molar-refractivity contribution in [1.29, 1.82) is 0 Å². The van der Waals surface area contributed by atoms with Crippen LogP contribution in [0.2, 0.25) is 0 Å². The summed E-state index contributed by atoms with van der Waals surface area (Å²) in [7, 11) is 0. The van der Waals surface area contributed by atoms with Crippen LogP contribution in [0.25, 0.3) is 0 Å². The van der Waals surface area contributed by atoms with E-state index in [0.717, 1.165) is 19.5 Å². The lowest BCUT2D eigenvalue weighted by atomic mass is 9.97. The second-order valence-corrected chi connectivity index (χ2v) is 5.76. The maximum Gasteiger partial charge on any atom is 0.225 e. The normalized spacial score (nSPS) is 17.0. The van der Waals surface area contributed by atoms with E-state index in [4.69, 9.17) is 0 Å². The molecule has 0 unspecified atom stereocenters. The van der Waals surface area contributed by atoms with Gasteiger partial charge in [0.1, 0.15) is 5.78 Å². The zero-order valence-corrected chi connectivity index (χ0v) is 12.0. The van der Waals surface area contributed by atoms with Crippen LogP contribution >= 0.6 is 0 Å². The van der Waals surface area contributed by atoms with Gasteiger partial charge in [0.25, 0.3) is 0 Å². The van der Waals surface area contributed by atoms with Crippen molar-refractivity contribution in [3.63, 3.8) is 0 Å². The van der Waals surface area contributed by atoms with Crippen LogP contribution in [0.1, 0.15) is 40.5 Å². The van der Waals surface area contributed by atoms with E-state index < -0.39 is 0 Å². The first-order valence-electron chi connectivity index (χ1n) is 6.96. The molecule has 0 radical (unpaired) electrons. The molecule has 1 rings (SSSR count). The molecule has 18 heavy (non-hydrogen) atoms. The van der Waals surface area contributed by atoms with E-state index in [1.54, 1.807) is 0 Å². The Morgan fingerprint density at radius 1 is 1.22 bits per heavy atom. The highest BCUT2D eigenvalue weighted by Crippen LogP contribution is 2.18. The number of carbonyl (C=O) groups excluding carboxylic acids is 2. The first-order chi connectivity index (χ1) is 8.41. The number of hydrogen-bond donors (Lipinski definition) is 1. The summed E-state index contributed by atoms with van der Waals surface area (Å²) in [6.45, 7) is 10.5. The summed E-state index contributed by atoms with van der Waals surface area (Å²) in [5.74, 6) is 0.669. The van der Waals surface area contributed by atoms with E-state index in [1.165, 1.54) is 0 Å². The first-order valence-corrected chi connectivity index (χ1v) is 6.96. The zero-order valence-electron chi connectivity index (χ0n) is 12.0. The molecule has 4 nitrogen and oxygen atoms in total. The molecule has 0 aromatic carbocycles. The van der Waals surface area contributed by atoms with Crippen LogP contribution in [0.5, 0.6) is 0 Å². The lowest BCUT2D eigenvalue weighted by molar-refractivity contribution is -0.131. The Morgan fingerprint density at radius 2 is 1.83 bits per heavy atom. The molecule has 0 aromatic heterocycles. The Morgan fingerprint density at radius 3 is 2.33 bits per heavy atom. The number of amides is 1. The van der Waals surface area contributed by atoms with E-state index >= 15 is 0 Å². The van der Waals surface area contributed by atoms with Crippen molar-refractivity contribution < 1.29 is 9.59 Å². The van der Waals surface area contributed by atoms with Gasteiger partial charge in [-0.3, -0.25) is 14.5 Å². The molecule has 0 saturated carbocycles. The van der Waals surface area contributed by atoms with Gasteiger partial charge in [0, 0.05) is 38.0 Å². The van der Waals surface area contributed by atoms with Gasteiger partial charge in [-0.15, -0.1) is 0 Å². The molecule has 1 heterocycles. The summed E-state index contributed by atoms with van der Waals surface area (Å²) in [4.78, 5) is 25.4. The minimum Gasteiger partial charge on any atom is -0.356 e. The van der Waals surface area contributed by atoms with Gasteiger partial charge in [0.15, 0.2) is 0 Å². The van der Waals surface area contributed by atoms with Crippen molar-refractivity contribution in [3.05, 3.63) is 0 Å². The summed E-state index contributed by atoms with van der Waals surface area (Å²) in [6, 6.07) is 0.526. The molecule has 0 spiro atoms.